The van der Waals surface area contributed by atoms with E-state index in [-0.39, 0.29) is 5.91 Å². The van der Waals surface area contributed by atoms with Gasteiger partial charge in [0.2, 0.25) is 5.75 Å². The maximum Gasteiger partial charge on any atom is 0.287 e. The third kappa shape index (κ3) is 3.38. The lowest BCUT2D eigenvalue weighted by atomic mass is 10.2. The van der Waals surface area contributed by atoms with Gasteiger partial charge in [0, 0.05) is 11.8 Å². The van der Waals surface area contributed by atoms with Gasteiger partial charge >= 0.3 is 0 Å². The summed E-state index contributed by atoms with van der Waals surface area (Å²) in [7, 11) is 4.60. The molecule has 2 rings (SSSR count). The number of aromatic amines is 1. The number of H-pyrrole nitrogens is 1. The molecule has 2 aromatic rings. The van der Waals surface area contributed by atoms with E-state index in [0.717, 1.165) is 0 Å². The third-order valence-corrected chi connectivity index (χ3v) is 2.91. The minimum Gasteiger partial charge on any atom is -0.493 e. The van der Waals surface area contributed by atoms with Crippen molar-refractivity contribution < 1.29 is 19.0 Å². The second-order valence-corrected chi connectivity index (χ2v) is 4.24. The Kier molecular flexibility index (Phi) is 5.02. The zero-order valence-corrected chi connectivity index (χ0v) is 12.5. The van der Waals surface area contributed by atoms with Crippen LogP contribution in [0.3, 0.4) is 0 Å². The van der Waals surface area contributed by atoms with Gasteiger partial charge in [-0.25, -0.2) is 5.43 Å². The summed E-state index contributed by atoms with van der Waals surface area (Å²) in [4.78, 5) is 14.5. The third-order valence-electron chi connectivity index (χ3n) is 2.91. The number of aromatic nitrogens is 1. The van der Waals surface area contributed by atoms with E-state index in [4.69, 9.17) is 14.2 Å². The number of amides is 1. The number of hydrazone groups is 1. The molecule has 0 radical (unpaired) electrons. The average molecular weight is 303 g/mol. The van der Waals surface area contributed by atoms with Crippen molar-refractivity contribution in [3.63, 3.8) is 0 Å². The minimum atomic E-state index is -0.325. The summed E-state index contributed by atoms with van der Waals surface area (Å²) >= 11 is 0. The maximum absolute atomic E-state index is 11.7. The van der Waals surface area contributed by atoms with Gasteiger partial charge in [0.25, 0.3) is 5.91 Å². The molecule has 0 bridgehead atoms. The van der Waals surface area contributed by atoms with Gasteiger partial charge in [-0.05, 0) is 24.3 Å². The van der Waals surface area contributed by atoms with Crippen molar-refractivity contribution in [2.24, 2.45) is 5.10 Å². The number of nitrogens with zero attached hydrogens (tertiary/aromatic N) is 1. The van der Waals surface area contributed by atoms with E-state index in [1.54, 1.807) is 30.5 Å². The number of benzene rings is 1. The number of rotatable bonds is 6. The number of hydrogen-bond donors (Lipinski definition) is 2. The normalized spacial score (nSPS) is 10.5. The fourth-order valence-corrected chi connectivity index (χ4v) is 1.87. The summed E-state index contributed by atoms with van der Waals surface area (Å²) in [6.07, 6.45) is 3.16. The first-order valence-corrected chi connectivity index (χ1v) is 6.46. The number of carbonyl (C=O) groups is 1. The molecule has 7 heteroatoms. The fraction of sp³-hybridized carbons (Fsp3) is 0.200. The first-order valence-electron chi connectivity index (χ1n) is 6.46. The van der Waals surface area contributed by atoms with Crippen LogP contribution in [0.2, 0.25) is 0 Å². The molecule has 22 heavy (non-hydrogen) atoms. The molecule has 0 atom stereocenters. The first-order chi connectivity index (χ1) is 10.7. The van der Waals surface area contributed by atoms with Crippen molar-refractivity contribution in [2.75, 3.05) is 21.3 Å². The van der Waals surface area contributed by atoms with Gasteiger partial charge in [0.15, 0.2) is 11.5 Å². The standard InChI is InChI=1S/C15H17N3O4/c1-20-12-7-10(8-13(21-2)14(12)22-3)9-17-18-15(19)11-5-4-6-16-11/h4-9,16H,1-3H3,(H,18,19)/b17-9-. The molecule has 0 fully saturated rings. The van der Waals surface area contributed by atoms with Gasteiger partial charge in [-0.1, -0.05) is 0 Å². The maximum atomic E-state index is 11.7. The summed E-state index contributed by atoms with van der Waals surface area (Å²) in [6, 6.07) is 6.85. The van der Waals surface area contributed by atoms with Gasteiger partial charge in [-0.2, -0.15) is 5.10 Å². The van der Waals surface area contributed by atoms with Gasteiger partial charge in [-0.3, -0.25) is 4.79 Å². The van der Waals surface area contributed by atoms with E-state index in [0.29, 0.717) is 28.5 Å². The molecule has 1 amide bonds. The highest BCUT2D eigenvalue weighted by Crippen LogP contribution is 2.37. The zero-order valence-electron chi connectivity index (χ0n) is 12.5. The monoisotopic (exact) mass is 303 g/mol. The van der Waals surface area contributed by atoms with Crippen LogP contribution in [-0.4, -0.2) is 38.4 Å². The van der Waals surface area contributed by atoms with Crippen LogP contribution in [0.4, 0.5) is 0 Å². The first kappa shape index (κ1) is 15.4. The van der Waals surface area contributed by atoms with Crippen LogP contribution in [-0.2, 0) is 0 Å². The molecule has 1 aromatic heterocycles. The Morgan fingerprint density at radius 3 is 2.36 bits per heavy atom. The lowest BCUT2D eigenvalue weighted by Gasteiger charge is -2.12. The van der Waals surface area contributed by atoms with Crippen LogP contribution in [0.15, 0.2) is 35.6 Å². The van der Waals surface area contributed by atoms with Crippen LogP contribution in [0.1, 0.15) is 16.1 Å². The van der Waals surface area contributed by atoms with Gasteiger partial charge < -0.3 is 19.2 Å². The molecule has 0 saturated heterocycles. The summed E-state index contributed by atoms with van der Waals surface area (Å²) in [5.41, 5.74) is 3.55. The predicted molar refractivity (Wildman–Crippen MR) is 82.0 cm³/mol. The lowest BCUT2D eigenvalue weighted by Crippen LogP contribution is -2.17. The van der Waals surface area contributed by atoms with E-state index in [1.807, 2.05) is 0 Å². The molecule has 0 aliphatic rings. The highest BCUT2D eigenvalue weighted by Gasteiger charge is 2.12. The molecule has 2 N–H and O–H groups in total. The Morgan fingerprint density at radius 1 is 1.18 bits per heavy atom. The Balaban J connectivity index is 2.15. The fourth-order valence-electron chi connectivity index (χ4n) is 1.87. The number of methoxy groups -OCH3 is 3. The second kappa shape index (κ2) is 7.16. The highest BCUT2D eigenvalue weighted by molar-refractivity contribution is 5.93. The summed E-state index contributed by atoms with van der Waals surface area (Å²) in [5, 5.41) is 3.91. The largest absolute Gasteiger partial charge is 0.493 e. The Labute approximate surface area is 127 Å². The molecule has 0 aliphatic heterocycles. The van der Waals surface area contributed by atoms with E-state index in [1.165, 1.54) is 27.5 Å². The van der Waals surface area contributed by atoms with Crippen molar-refractivity contribution in [1.82, 2.24) is 10.4 Å². The molecule has 1 heterocycles. The summed E-state index contributed by atoms with van der Waals surface area (Å²) in [6.45, 7) is 0. The van der Waals surface area contributed by atoms with Crippen molar-refractivity contribution in [3.8, 4) is 17.2 Å². The van der Waals surface area contributed by atoms with Crippen molar-refractivity contribution in [2.45, 2.75) is 0 Å². The van der Waals surface area contributed by atoms with Gasteiger partial charge in [0.1, 0.15) is 5.69 Å². The number of nitrogens with one attached hydrogen (secondary N) is 2. The number of ether oxygens (including phenoxy) is 3. The van der Waals surface area contributed by atoms with E-state index >= 15 is 0 Å². The topological polar surface area (TPSA) is 84.9 Å². The molecule has 7 nitrogen and oxygen atoms in total. The molecule has 116 valence electrons. The minimum absolute atomic E-state index is 0.325. The summed E-state index contributed by atoms with van der Waals surface area (Å²) in [5.74, 6) is 1.20. The molecule has 0 aliphatic carbocycles. The molecule has 0 spiro atoms. The SMILES string of the molecule is COc1cc(/C=N\NC(=O)c2ccc[nH]2)cc(OC)c1OC. The van der Waals surface area contributed by atoms with E-state index in [2.05, 4.69) is 15.5 Å². The van der Waals surface area contributed by atoms with Gasteiger partial charge in [0.05, 0.1) is 27.5 Å². The molecular weight excluding hydrogens is 286 g/mol. The molecular formula is C15H17N3O4. The Bertz CT molecular complexity index is 640. The molecule has 0 saturated carbocycles. The second-order valence-electron chi connectivity index (χ2n) is 4.24. The number of hydrogen-bond acceptors (Lipinski definition) is 5. The quantitative estimate of drug-likeness (QED) is 0.629. The summed E-state index contributed by atoms with van der Waals surface area (Å²) < 4.78 is 15.7. The van der Waals surface area contributed by atoms with Crippen molar-refractivity contribution in [3.05, 3.63) is 41.7 Å². The van der Waals surface area contributed by atoms with Crippen LogP contribution >= 0.6 is 0 Å². The average Bonchev–Trinajstić information content (AvgIpc) is 3.08. The highest BCUT2D eigenvalue weighted by atomic mass is 16.5. The van der Waals surface area contributed by atoms with Crippen LogP contribution in [0, 0.1) is 0 Å². The van der Waals surface area contributed by atoms with E-state index in [9.17, 15) is 4.79 Å². The zero-order chi connectivity index (χ0) is 15.9. The Hall–Kier alpha value is -2.96. The smallest absolute Gasteiger partial charge is 0.287 e. The Morgan fingerprint density at radius 2 is 1.86 bits per heavy atom. The van der Waals surface area contributed by atoms with Crippen LogP contribution in [0.5, 0.6) is 17.2 Å². The predicted octanol–water partition coefficient (Wildman–Crippen LogP) is 1.80. The van der Waals surface area contributed by atoms with E-state index < -0.39 is 0 Å². The van der Waals surface area contributed by atoms with Crippen molar-refractivity contribution >= 4 is 12.1 Å². The van der Waals surface area contributed by atoms with Gasteiger partial charge in [-0.15, -0.1) is 0 Å². The van der Waals surface area contributed by atoms with Crippen LogP contribution < -0.4 is 19.6 Å². The van der Waals surface area contributed by atoms with Crippen molar-refractivity contribution in [1.29, 1.82) is 0 Å². The van der Waals surface area contributed by atoms with Crippen LogP contribution in [0.25, 0.3) is 0 Å². The molecule has 1 aromatic carbocycles. The number of carbonyl (C=O) groups excluding carboxylic acids is 1. The molecule has 0 unspecified atom stereocenters. The lowest BCUT2D eigenvalue weighted by molar-refractivity contribution is 0.0951.